The third-order valence-corrected chi connectivity index (χ3v) is 2.18. The first kappa shape index (κ1) is 12.4. The summed E-state index contributed by atoms with van der Waals surface area (Å²) in [6, 6.07) is 2.63. The maximum absolute atomic E-state index is 11.7. The highest BCUT2D eigenvalue weighted by Crippen LogP contribution is 2.33. The summed E-state index contributed by atoms with van der Waals surface area (Å²) in [5.74, 6) is -0.276. The highest BCUT2D eigenvalue weighted by molar-refractivity contribution is 6.01. The van der Waals surface area contributed by atoms with Crippen LogP contribution in [0.15, 0.2) is 12.1 Å². The molecular formula is C12H16O4. The monoisotopic (exact) mass is 224 g/mol. The van der Waals surface area contributed by atoms with Gasteiger partial charge in [-0.3, -0.25) is 4.79 Å². The van der Waals surface area contributed by atoms with Gasteiger partial charge >= 0.3 is 0 Å². The second kappa shape index (κ2) is 4.88. The molecule has 0 aliphatic rings. The number of aromatic hydroxyl groups is 2. The summed E-state index contributed by atoms with van der Waals surface area (Å²) in [7, 11) is 1.42. The van der Waals surface area contributed by atoms with Crippen LogP contribution >= 0.6 is 0 Å². The smallest absolute Gasteiger partial charge is 0.170 e. The lowest BCUT2D eigenvalue weighted by atomic mass is 9.99. The number of ketones is 1. The van der Waals surface area contributed by atoms with Crippen molar-refractivity contribution in [1.29, 1.82) is 0 Å². The van der Waals surface area contributed by atoms with Gasteiger partial charge in [0, 0.05) is 18.6 Å². The number of Topliss-reactive ketones (excluding diaryl/α,β-unsaturated/α-hetero) is 1. The molecule has 0 radical (unpaired) electrons. The van der Waals surface area contributed by atoms with Crippen molar-refractivity contribution in [3.63, 3.8) is 0 Å². The van der Waals surface area contributed by atoms with Crippen LogP contribution in [0.25, 0.3) is 0 Å². The van der Waals surface area contributed by atoms with Gasteiger partial charge in [-0.2, -0.15) is 0 Å². The molecule has 1 aromatic rings. The van der Waals surface area contributed by atoms with E-state index in [0.717, 1.165) is 0 Å². The number of carbonyl (C=O) groups is 1. The lowest BCUT2D eigenvalue weighted by molar-refractivity contribution is 0.0962. The predicted molar refractivity (Wildman–Crippen MR) is 60.1 cm³/mol. The van der Waals surface area contributed by atoms with Gasteiger partial charge in [0.15, 0.2) is 5.78 Å². The van der Waals surface area contributed by atoms with Gasteiger partial charge in [-0.15, -0.1) is 0 Å². The van der Waals surface area contributed by atoms with Gasteiger partial charge in [0.2, 0.25) is 0 Å². The number of phenols is 2. The average molecular weight is 224 g/mol. The maximum Gasteiger partial charge on any atom is 0.170 e. The zero-order valence-electron chi connectivity index (χ0n) is 9.65. The minimum absolute atomic E-state index is 0.0329. The molecule has 88 valence electrons. The molecule has 0 saturated carbocycles. The Hall–Kier alpha value is -1.71. The Balaban J connectivity index is 3.09. The standard InChI is InChI=1S/C12H16O4/c1-7(2)4-9(13)12-10(14)5-8(16-3)6-11(12)15/h5-7,14-15H,4H2,1-3H3. The lowest BCUT2D eigenvalue weighted by Crippen LogP contribution is -2.04. The number of phenolic OH excluding ortho intramolecular Hbond substituents is 2. The number of hydrogen-bond donors (Lipinski definition) is 2. The molecular weight excluding hydrogens is 208 g/mol. The van der Waals surface area contributed by atoms with E-state index in [1.165, 1.54) is 19.2 Å². The van der Waals surface area contributed by atoms with Crippen molar-refractivity contribution in [3.8, 4) is 17.2 Å². The molecule has 0 heterocycles. The minimum atomic E-state index is -0.271. The molecule has 0 bridgehead atoms. The van der Waals surface area contributed by atoms with E-state index in [4.69, 9.17) is 4.74 Å². The number of benzene rings is 1. The average Bonchev–Trinajstić information content (AvgIpc) is 2.15. The fourth-order valence-electron chi connectivity index (χ4n) is 1.46. The quantitative estimate of drug-likeness (QED) is 0.770. The lowest BCUT2D eigenvalue weighted by Gasteiger charge is -2.09. The van der Waals surface area contributed by atoms with Gasteiger partial charge in [-0.05, 0) is 5.92 Å². The topological polar surface area (TPSA) is 66.8 Å². The van der Waals surface area contributed by atoms with Crippen molar-refractivity contribution in [2.24, 2.45) is 5.92 Å². The van der Waals surface area contributed by atoms with E-state index < -0.39 is 0 Å². The van der Waals surface area contributed by atoms with Crippen LogP contribution in [0.3, 0.4) is 0 Å². The Morgan fingerprint density at radius 2 is 1.81 bits per heavy atom. The molecule has 1 rings (SSSR count). The van der Waals surface area contributed by atoms with E-state index in [0.29, 0.717) is 5.75 Å². The summed E-state index contributed by atoms with van der Waals surface area (Å²) < 4.78 is 4.86. The van der Waals surface area contributed by atoms with Crippen molar-refractivity contribution in [2.45, 2.75) is 20.3 Å². The van der Waals surface area contributed by atoms with Crippen molar-refractivity contribution >= 4 is 5.78 Å². The van der Waals surface area contributed by atoms with Crippen molar-refractivity contribution in [2.75, 3.05) is 7.11 Å². The Bertz CT molecular complexity index is 373. The molecule has 0 aliphatic carbocycles. The molecule has 0 spiro atoms. The van der Waals surface area contributed by atoms with E-state index in [1.54, 1.807) is 0 Å². The third kappa shape index (κ3) is 2.66. The normalized spacial score (nSPS) is 10.5. The fourth-order valence-corrected chi connectivity index (χ4v) is 1.46. The Labute approximate surface area is 94.5 Å². The fraction of sp³-hybridized carbons (Fsp3) is 0.417. The number of hydrogen-bond acceptors (Lipinski definition) is 4. The summed E-state index contributed by atoms with van der Waals surface area (Å²) in [6.45, 7) is 3.80. The summed E-state index contributed by atoms with van der Waals surface area (Å²) in [5, 5.41) is 19.3. The summed E-state index contributed by atoms with van der Waals surface area (Å²) in [4.78, 5) is 11.7. The van der Waals surface area contributed by atoms with Gasteiger partial charge in [-0.1, -0.05) is 13.8 Å². The predicted octanol–water partition coefficient (Wildman–Crippen LogP) is 2.34. The molecule has 2 N–H and O–H groups in total. The Kier molecular flexibility index (Phi) is 3.77. The SMILES string of the molecule is COc1cc(O)c(C(=O)CC(C)C)c(O)c1. The van der Waals surface area contributed by atoms with Gasteiger partial charge < -0.3 is 14.9 Å². The van der Waals surface area contributed by atoms with Crippen LogP contribution in [-0.2, 0) is 0 Å². The van der Waals surface area contributed by atoms with Crippen LogP contribution in [0.4, 0.5) is 0 Å². The molecule has 16 heavy (non-hydrogen) atoms. The van der Waals surface area contributed by atoms with Crippen LogP contribution < -0.4 is 4.74 Å². The summed E-state index contributed by atoms with van der Waals surface area (Å²) >= 11 is 0. The first-order chi connectivity index (χ1) is 7.45. The highest BCUT2D eigenvalue weighted by Gasteiger charge is 2.18. The minimum Gasteiger partial charge on any atom is -0.507 e. The molecule has 0 aromatic heterocycles. The number of methoxy groups -OCH3 is 1. The van der Waals surface area contributed by atoms with Gasteiger partial charge in [0.05, 0.1) is 7.11 Å². The summed E-state index contributed by atoms with van der Waals surface area (Å²) in [6.07, 6.45) is 0.285. The molecule has 0 saturated heterocycles. The van der Waals surface area contributed by atoms with Crippen molar-refractivity contribution in [3.05, 3.63) is 17.7 Å². The highest BCUT2D eigenvalue weighted by atomic mass is 16.5. The molecule has 4 heteroatoms. The first-order valence-corrected chi connectivity index (χ1v) is 5.08. The van der Waals surface area contributed by atoms with E-state index >= 15 is 0 Å². The van der Waals surface area contributed by atoms with E-state index in [2.05, 4.69) is 0 Å². The molecule has 0 fully saturated rings. The van der Waals surface area contributed by atoms with Crippen LogP contribution in [0.2, 0.25) is 0 Å². The number of ether oxygens (including phenoxy) is 1. The Morgan fingerprint density at radius 3 is 2.19 bits per heavy atom. The molecule has 1 aromatic carbocycles. The van der Waals surface area contributed by atoms with E-state index in [1.807, 2.05) is 13.8 Å². The third-order valence-electron chi connectivity index (χ3n) is 2.18. The van der Waals surface area contributed by atoms with Crippen molar-refractivity contribution < 1.29 is 19.7 Å². The molecule has 0 amide bonds. The van der Waals surface area contributed by atoms with Crippen LogP contribution in [-0.4, -0.2) is 23.1 Å². The van der Waals surface area contributed by atoms with Crippen LogP contribution in [0, 0.1) is 5.92 Å². The molecule has 0 unspecified atom stereocenters. The summed E-state index contributed by atoms with van der Waals surface area (Å²) in [5.41, 5.74) is -0.0329. The van der Waals surface area contributed by atoms with E-state index in [9.17, 15) is 15.0 Å². The van der Waals surface area contributed by atoms with Gasteiger partial charge in [0.1, 0.15) is 22.8 Å². The number of rotatable bonds is 4. The second-order valence-electron chi connectivity index (χ2n) is 4.06. The number of carbonyl (C=O) groups excluding carboxylic acids is 1. The largest absolute Gasteiger partial charge is 0.507 e. The zero-order valence-corrected chi connectivity index (χ0v) is 9.65. The molecule has 4 nitrogen and oxygen atoms in total. The molecule has 0 atom stereocenters. The first-order valence-electron chi connectivity index (χ1n) is 5.08. The maximum atomic E-state index is 11.7. The molecule has 0 aliphatic heterocycles. The van der Waals surface area contributed by atoms with Crippen molar-refractivity contribution in [1.82, 2.24) is 0 Å². The van der Waals surface area contributed by atoms with Crippen LogP contribution in [0.1, 0.15) is 30.6 Å². The van der Waals surface area contributed by atoms with Gasteiger partial charge in [0.25, 0.3) is 0 Å². The van der Waals surface area contributed by atoms with E-state index in [-0.39, 0.29) is 35.2 Å². The van der Waals surface area contributed by atoms with Gasteiger partial charge in [-0.25, -0.2) is 0 Å². The Morgan fingerprint density at radius 1 is 1.31 bits per heavy atom. The zero-order chi connectivity index (χ0) is 12.3. The second-order valence-corrected chi connectivity index (χ2v) is 4.06. The van der Waals surface area contributed by atoms with Crippen LogP contribution in [0.5, 0.6) is 17.2 Å².